The predicted octanol–water partition coefficient (Wildman–Crippen LogP) is 4.91. The molecule has 3 atom stereocenters. The van der Waals surface area contributed by atoms with E-state index in [1.54, 1.807) is 23.5 Å². The Hall–Kier alpha value is -0.900. The first-order chi connectivity index (χ1) is 15.4. The van der Waals surface area contributed by atoms with Crippen molar-refractivity contribution in [3.05, 3.63) is 23.8 Å². The molecule has 0 spiro atoms. The van der Waals surface area contributed by atoms with Crippen LogP contribution in [0, 0.1) is 0 Å². The van der Waals surface area contributed by atoms with Crippen LogP contribution in [0.25, 0.3) is 0 Å². The Morgan fingerprint density at radius 2 is 1.88 bits per heavy atom. The second kappa shape index (κ2) is 17.6. The van der Waals surface area contributed by atoms with E-state index in [1.165, 1.54) is 37.7 Å². The zero-order valence-electron chi connectivity index (χ0n) is 19.5. The van der Waals surface area contributed by atoms with Crippen molar-refractivity contribution in [2.24, 2.45) is 5.73 Å². The van der Waals surface area contributed by atoms with Gasteiger partial charge in [0.25, 0.3) is 0 Å². The highest BCUT2D eigenvalue weighted by molar-refractivity contribution is 8.15. The number of thioether (sulfide) groups is 2. The van der Waals surface area contributed by atoms with Crippen LogP contribution in [-0.4, -0.2) is 56.2 Å². The summed E-state index contributed by atoms with van der Waals surface area (Å²) >= 11 is 3.22. The number of hydrogen-bond donors (Lipinski definition) is 2. The quantitative estimate of drug-likeness (QED) is 0.256. The lowest BCUT2D eigenvalue weighted by Gasteiger charge is -2.12. The maximum Gasteiger partial charge on any atom is 0.321 e. The fourth-order valence-electron chi connectivity index (χ4n) is 3.05. The summed E-state index contributed by atoms with van der Waals surface area (Å²) < 4.78 is 23.0. The number of benzene rings is 1. The zero-order chi connectivity index (χ0) is 23.8. The molecule has 0 aromatic heterocycles. The molecule has 1 heterocycles. The van der Waals surface area contributed by atoms with Gasteiger partial charge in [-0.1, -0.05) is 52.0 Å². The monoisotopic (exact) mass is 505 g/mol. The zero-order valence-corrected chi connectivity index (χ0v) is 22.0. The van der Waals surface area contributed by atoms with Gasteiger partial charge in [-0.2, -0.15) is 11.8 Å². The van der Waals surface area contributed by atoms with Crippen molar-refractivity contribution in [1.29, 1.82) is 0 Å². The van der Waals surface area contributed by atoms with Gasteiger partial charge < -0.3 is 20.3 Å². The summed E-state index contributed by atoms with van der Waals surface area (Å²) in [7, 11) is -0.743. The van der Waals surface area contributed by atoms with E-state index in [0.29, 0.717) is 12.5 Å². The average molecular weight is 506 g/mol. The van der Waals surface area contributed by atoms with Crippen LogP contribution in [0.3, 0.4) is 0 Å². The summed E-state index contributed by atoms with van der Waals surface area (Å²) in [5.74, 6) is 2.03. The number of rotatable bonds is 15. The average Bonchev–Trinajstić information content (AvgIpc) is 3.24. The van der Waals surface area contributed by atoms with Crippen molar-refractivity contribution in [3.8, 4) is 11.5 Å². The largest absolute Gasteiger partial charge is 0.480 e. The minimum Gasteiger partial charge on any atom is -0.480 e. The van der Waals surface area contributed by atoms with Gasteiger partial charge in [-0.3, -0.25) is 9.00 Å². The van der Waals surface area contributed by atoms with Crippen LogP contribution < -0.4 is 15.2 Å². The Morgan fingerprint density at radius 3 is 2.56 bits per heavy atom. The van der Waals surface area contributed by atoms with Crippen LogP contribution in [0.4, 0.5) is 0 Å². The van der Waals surface area contributed by atoms with Crippen LogP contribution in [0.1, 0.15) is 57.9 Å². The lowest BCUT2D eigenvalue weighted by atomic mass is 10.1. The molecule has 32 heavy (non-hydrogen) atoms. The molecule has 9 heteroatoms. The topological polar surface area (TPSA) is 98.9 Å². The highest BCUT2D eigenvalue weighted by atomic mass is 32.2. The van der Waals surface area contributed by atoms with E-state index in [4.69, 9.17) is 20.3 Å². The van der Waals surface area contributed by atoms with Crippen molar-refractivity contribution in [2.45, 2.75) is 70.1 Å². The van der Waals surface area contributed by atoms with E-state index in [-0.39, 0.29) is 5.25 Å². The Balaban J connectivity index is 0.000000433. The van der Waals surface area contributed by atoms with E-state index in [0.717, 1.165) is 35.2 Å². The summed E-state index contributed by atoms with van der Waals surface area (Å²) in [6.45, 7) is 4.61. The fourth-order valence-corrected chi connectivity index (χ4v) is 5.77. The molecule has 0 amide bonds. The van der Waals surface area contributed by atoms with E-state index in [1.807, 2.05) is 24.5 Å². The number of aliphatic carboxylic acids is 1. The molecule has 2 rings (SSSR count). The number of hydrogen-bond acceptors (Lipinski definition) is 7. The third-order valence-corrected chi connectivity index (χ3v) is 8.88. The molecule has 184 valence electrons. The minimum atomic E-state index is -0.923. The SMILES string of the molecule is CCCCCCCCS(=O)C(C)Cc1ccc2c(c1)OCO2.CSCSC[C@H](N)C(=O)O. The predicted molar refractivity (Wildman–Crippen MR) is 139 cm³/mol. The summed E-state index contributed by atoms with van der Waals surface area (Å²) in [6.07, 6.45) is 10.3. The van der Waals surface area contributed by atoms with Crippen LogP contribution >= 0.6 is 23.5 Å². The molecule has 2 unspecified atom stereocenters. The number of fused-ring (bicyclic) bond motifs is 1. The molecule has 3 N–H and O–H groups in total. The lowest BCUT2D eigenvalue weighted by molar-refractivity contribution is -0.137. The number of carboxylic acids is 1. The van der Waals surface area contributed by atoms with E-state index in [9.17, 15) is 9.00 Å². The lowest BCUT2D eigenvalue weighted by Crippen LogP contribution is -2.32. The van der Waals surface area contributed by atoms with Gasteiger partial charge in [0.1, 0.15) is 6.04 Å². The standard InChI is InChI=1S/C18H28O3S.C5H11NO2S2/c1-3-4-5-6-7-8-11-22(19)15(2)12-16-9-10-17-18(13-16)21-14-20-17;1-9-3-10-2-4(6)5(7)8/h9-10,13,15H,3-8,11-12,14H2,1-2H3;4H,2-3,6H2,1H3,(H,7,8)/t;4-/m.0/s1. The van der Waals surface area contributed by atoms with Crippen LogP contribution in [0.15, 0.2) is 18.2 Å². The molecule has 0 saturated carbocycles. The number of carbonyl (C=O) groups is 1. The number of nitrogens with two attached hydrogens (primary N) is 1. The van der Waals surface area contributed by atoms with Crippen LogP contribution in [0.2, 0.25) is 0 Å². The van der Waals surface area contributed by atoms with Gasteiger partial charge in [0, 0.05) is 32.6 Å². The molecule has 1 aliphatic heterocycles. The van der Waals surface area contributed by atoms with Crippen molar-refractivity contribution >= 4 is 40.3 Å². The van der Waals surface area contributed by atoms with E-state index in [2.05, 4.69) is 13.8 Å². The number of unbranched alkanes of at least 4 members (excludes halogenated alkanes) is 5. The first-order valence-electron chi connectivity index (χ1n) is 11.2. The molecule has 1 aromatic rings. The Kier molecular flexibility index (Phi) is 16.0. The van der Waals surface area contributed by atoms with Gasteiger partial charge in [0.2, 0.25) is 6.79 Å². The number of ether oxygens (including phenoxy) is 2. The first-order valence-corrected chi connectivity index (χ1v) is 15.1. The van der Waals surface area contributed by atoms with Crippen molar-refractivity contribution in [1.82, 2.24) is 0 Å². The smallest absolute Gasteiger partial charge is 0.321 e. The third kappa shape index (κ3) is 12.4. The molecule has 6 nitrogen and oxygen atoms in total. The van der Waals surface area contributed by atoms with Crippen LogP contribution in [-0.2, 0) is 22.0 Å². The van der Waals surface area contributed by atoms with E-state index < -0.39 is 22.8 Å². The highest BCUT2D eigenvalue weighted by Gasteiger charge is 2.16. The second-order valence-corrected chi connectivity index (χ2v) is 12.0. The number of carboxylic acid groups (broad SMARTS) is 1. The molecule has 0 saturated heterocycles. The minimum absolute atomic E-state index is 0.191. The summed E-state index contributed by atoms with van der Waals surface area (Å²) in [6, 6.07) is 5.30. The molecular weight excluding hydrogens is 466 g/mol. The fraction of sp³-hybridized carbons (Fsp3) is 0.696. The van der Waals surface area contributed by atoms with Gasteiger partial charge >= 0.3 is 5.97 Å². The van der Waals surface area contributed by atoms with Gasteiger partial charge in [0.15, 0.2) is 11.5 Å². The maximum absolute atomic E-state index is 12.3. The second-order valence-electron chi connectivity index (χ2n) is 7.78. The summed E-state index contributed by atoms with van der Waals surface area (Å²) in [5.41, 5.74) is 6.40. The van der Waals surface area contributed by atoms with Gasteiger partial charge in [-0.05, 0) is 36.8 Å². The molecule has 0 bridgehead atoms. The van der Waals surface area contributed by atoms with Crippen molar-refractivity contribution in [2.75, 3.05) is 29.6 Å². The summed E-state index contributed by atoms with van der Waals surface area (Å²) in [5, 5.41) is 9.43. The maximum atomic E-state index is 12.3. The van der Waals surface area contributed by atoms with Crippen molar-refractivity contribution < 1.29 is 23.6 Å². The van der Waals surface area contributed by atoms with Gasteiger partial charge in [-0.15, -0.1) is 11.8 Å². The molecule has 0 radical (unpaired) electrons. The summed E-state index contributed by atoms with van der Waals surface area (Å²) in [4.78, 5) is 10.1. The normalized spacial score (nSPS) is 14.9. The molecule has 0 fully saturated rings. The Labute approximate surface area is 204 Å². The highest BCUT2D eigenvalue weighted by Crippen LogP contribution is 2.33. The molecule has 0 aliphatic carbocycles. The third-order valence-electron chi connectivity index (χ3n) is 4.92. The Morgan fingerprint density at radius 1 is 1.19 bits per heavy atom. The van der Waals surface area contributed by atoms with Gasteiger partial charge in [-0.25, -0.2) is 0 Å². The first kappa shape index (κ1) is 29.1. The van der Waals surface area contributed by atoms with E-state index >= 15 is 0 Å². The molecule has 1 aliphatic rings. The molecule has 1 aromatic carbocycles. The Bertz CT molecular complexity index is 690. The van der Waals surface area contributed by atoms with Crippen LogP contribution in [0.5, 0.6) is 11.5 Å². The van der Waals surface area contributed by atoms with Crippen molar-refractivity contribution in [3.63, 3.8) is 0 Å². The van der Waals surface area contributed by atoms with Gasteiger partial charge in [0.05, 0.1) is 0 Å². The molecular formula is C23H39NO5S3.